The fraction of sp³-hybridized carbons (Fsp3) is 0.245. The molecular weight excluding hydrogens is 837 g/mol. The molecule has 2 N–H and O–H groups in total. The molecule has 2 atom stereocenters. The molecule has 1 aliphatic rings. The number of nitrogens with one attached hydrogen (secondary N) is 1. The van der Waals surface area contributed by atoms with Crippen LogP contribution in [0.5, 0.6) is 23.1 Å². The van der Waals surface area contributed by atoms with Gasteiger partial charge in [0.25, 0.3) is 0 Å². The molecule has 1 unspecified atom stereocenters. The number of amides is 1. The van der Waals surface area contributed by atoms with Crippen molar-refractivity contribution in [1.82, 2.24) is 24.4 Å². The molecule has 13 nitrogen and oxygen atoms in total. The molecule has 0 bridgehead atoms. The fourth-order valence-electron chi connectivity index (χ4n) is 7.79. The topological polar surface area (TPSA) is 145 Å². The van der Waals surface area contributed by atoms with Gasteiger partial charge in [0.15, 0.2) is 11.5 Å². The third kappa shape index (κ3) is 10.0. The van der Waals surface area contributed by atoms with Gasteiger partial charge in [0.2, 0.25) is 5.88 Å². The Balaban J connectivity index is 1.07. The van der Waals surface area contributed by atoms with Crippen LogP contribution in [0.25, 0.3) is 21.7 Å². The molecule has 3 heterocycles. The van der Waals surface area contributed by atoms with Crippen molar-refractivity contribution >= 4 is 41.3 Å². The number of ether oxygens (including phenoxy) is 3. The zero-order chi connectivity index (χ0) is 44.6. The molecule has 0 radical (unpaired) electrons. The van der Waals surface area contributed by atoms with Crippen LogP contribution < -0.4 is 19.1 Å². The van der Waals surface area contributed by atoms with Gasteiger partial charge in [0.05, 0.1) is 30.1 Å². The van der Waals surface area contributed by atoms with Crippen LogP contribution in [0.1, 0.15) is 36.6 Å². The second-order valence-electron chi connectivity index (χ2n) is 15.5. The number of rotatable bonds is 16. The lowest BCUT2D eigenvalue weighted by Gasteiger charge is -2.35. The van der Waals surface area contributed by atoms with Crippen LogP contribution in [-0.2, 0) is 20.6 Å². The fourth-order valence-corrected chi connectivity index (χ4v) is 9.77. The van der Waals surface area contributed by atoms with E-state index >= 15 is 0 Å². The van der Waals surface area contributed by atoms with Crippen molar-refractivity contribution in [2.24, 2.45) is 0 Å². The first-order valence-electron chi connectivity index (χ1n) is 21.2. The Labute approximate surface area is 370 Å². The molecule has 330 valence electrons. The summed E-state index contributed by atoms with van der Waals surface area (Å²) in [5, 5.41) is 16.2. The molecule has 1 aliphatic heterocycles. The summed E-state index contributed by atoms with van der Waals surface area (Å²) >= 11 is 0. The quantitative estimate of drug-likeness (QED) is 0.0708. The minimum Gasteiger partial charge on any atom is -0.494 e. The largest absolute Gasteiger partial charge is 0.494 e. The van der Waals surface area contributed by atoms with Gasteiger partial charge in [-0.3, -0.25) is 19.2 Å². The molecule has 8 rings (SSSR count). The number of fused-ring (bicyclic) bond motifs is 2. The number of benzene rings is 5. The first-order valence-corrected chi connectivity index (χ1v) is 23.0. The first kappa shape index (κ1) is 43.9. The number of carbonyl (C=O) groups is 2. The van der Waals surface area contributed by atoms with Gasteiger partial charge in [-0.25, -0.2) is 14.3 Å². The van der Waals surface area contributed by atoms with Crippen LogP contribution in [0.15, 0.2) is 140 Å². The van der Waals surface area contributed by atoms with E-state index in [2.05, 4.69) is 9.99 Å². The Morgan fingerprint density at radius 3 is 2.11 bits per heavy atom. The average molecular weight is 886 g/mol. The maximum Gasteiger partial charge on any atom is 0.415 e. The van der Waals surface area contributed by atoms with E-state index in [1.54, 1.807) is 84.2 Å². The summed E-state index contributed by atoms with van der Waals surface area (Å²) in [5.41, 5.74) is 2.86. The maximum atomic E-state index is 14.2. The number of aromatic nitrogens is 2. The molecular formula is C49H49FN5O8P. The smallest absolute Gasteiger partial charge is 0.415 e. The number of aromatic hydroxyl groups is 1. The maximum absolute atomic E-state index is 14.2. The third-order valence-corrected chi connectivity index (χ3v) is 13.1. The van der Waals surface area contributed by atoms with Gasteiger partial charge in [-0.2, -0.15) is 0 Å². The number of para-hydroxylation sites is 1. The standard InChI is InChI=1S/C49H49FN5O8P/c1-3-60-48(57)34(2)52-64(59,63-39-18-11-6-12-19-39)31-30-53-26-28-54(29-27-53)49(58)62-45-40-20-13-25-51-43(40)46(61-44(36-14-7-4-8-15-36)37-16-9-5-10-17-37)42-41(45)33-55(47(42)56)32-35-21-23-38(50)24-22-35/h4-25,33-34,44,56H,3,26-32H2,1-2H3,(H,52,59)/t34-,64?/m0/s1. The van der Waals surface area contributed by atoms with Gasteiger partial charge in [-0.1, -0.05) is 91.0 Å². The zero-order valence-electron chi connectivity index (χ0n) is 35.5. The molecule has 0 saturated carbocycles. The minimum atomic E-state index is -3.60. The zero-order valence-corrected chi connectivity index (χ0v) is 36.4. The van der Waals surface area contributed by atoms with Gasteiger partial charge in [0.1, 0.15) is 29.2 Å². The van der Waals surface area contributed by atoms with Gasteiger partial charge >= 0.3 is 19.6 Å². The number of pyridine rings is 1. The van der Waals surface area contributed by atoms with E-state index in [0.717, 1.165) is 16.7 Å². The number of esters is 1. The summed E-state index contributed by atoms with van der Waals surface area (Å²) in [6.45, 7) is 5.55. The van der Waals surface area contributed by atoms with E-state index in [0.29, 0.717) is 65.9 Å². The summed E-state index contributed by atoms with van der Waals surface area (Å²) in [6, 6.07) is 37.0. The lowest BCUT2D eigenvalue weighted by atomic mass is 10.0. The highest BCUT2D eigenvalue weighted by Crippen LogP contribution is 2.49. The predicted octanol–water partition coefficient (Wildman–Crippen LogP) is 9.18. The molecule has 1 fully saturated rings. The molecule has 0 aliphatic carbocycles. The van der Waals surface area contributed by atoms with Crippen molar-refractivity contribution in [1.29, 1.82) is 0 Å². The van der Waals surface area contributed by atoms with Gasteiger partial charge in [-0.05, 0) is 66.9 Å². The van der Waals surface area contributed by atoms with Gasteiger partial charge in [-0.15, -0.1) is 0 Å². The summed E-state index contributed by atoms with van der Waals surface area (Å²) in [6.07, 6.45) is 2.22. The highest BCUT2D eigenvalue weighted by atomic mass is 31.2. The second kappa shape index (κ2) is 19.8. The molecule has 7 aromatic rings. The Kier molecular flexibility index (Phi) is 13.6. The Bertz CT molecular complexity index is 2710. The lowest BCUT2D eigenvalue weighted by molar-refractivity contribution is -0.144. The molecule has 0 spiro atoms. The SMILES string of the molecule is CCOC(=O)[C@H](C)NP(=O)(CCN1CCN(C(=O)Oc2c3cccnc3c(OC(c3ccccc3)c3ccccc3)c3c(O)n(Cc4ccc(F)cc4)cc23)CC1)Oc1ccccc1. The molecule has 5 aromatic carbocycles. The lowest BCUT2D eigenvalue weighted by Crippen LogP contribution is -2.50. The number of carbonyl (C=O) groups excluding carboxylic acids is 2. The van der Waals surface area contributed by atoms with Crippen molar-refractivity contribution in [3.05, 3.63) is 162 Å². The second-order valence-corrected chi connectivity index (χ2v) is 17.7. The Hall–Kier alpha value is -6.73. The summed E-state index contributed by atoms with van der Waals surface area (Å²) in [4.78, 5) is 35.1. The van der Waals surface area contributed by atoms with Crippen molar-refractivity contribution in [2.75, 3.05) is 45.5 Å². The van der Waals surface area contributed by atoms with E-state index < -0.39 is 31.7 Å². The van der Waals surface area contributed by atoms with Gasteiger partial charge in [0, 0.05) is 50.5 Å². The van der Waals surface area contributed by atoms with Gasteiger partial charge < -0.3 is 33.3 Å². The normalized spacial score (nSPS) is 14.6. The third-order valence-electron chi connectivity index (χ3n) is 11.1. The van der Waals surface area contributed by atoms with E-state index in [1.165, 1.54) is 12.1 Å². The number of hydrogen-bond donors (Lipinski definition) is 2. The van der Waals surface area contributed by atoms with E-state index in [-0.39, 0.29) is 36.8 Å². The minimum absolute atomic E-state index is 0.0925. The number of hydrogen-bond acceptors (Lipinski definition) is 10. The highest BCUT2D eigenvalue weighted by molar-refractivity contribution is 7.57. The van der Waals surface area contributed by atoms with E-state index in [1.807, 2.05) is 66.7 Å². The molecule has 1 saturated heterocycles. The molecule has 2 aromatic heterocycles. The van der Waals surface area contributed by atoms with Crippen LogP contribution in [0.2, 0.25) is 0 Å². The molecule has 15 heteroatoms. The average Bonchev–Trinajstić information content (AvgIpc) is 3.64. The number of halogens is 1. The number of nitrogens with zero attached hydrogens (tertiary/aromatic N) is 4. The van der Waals surface area contributed by atoms with Crippen LogP contribution in [0, 0.1) is 5.82 Å². The first-order chi connectivity index (χ1) is 31.1. The summed E-state index contributed by atoms with van der Waals surface area (Å²) < 4.78 is 54.2. The Morgan fingerprint density at radius 2 is 1.47 bits per heavy atom. The summed E-state index contributed by atoms with van der Waals surface area (Å²) in [7, 11) is -3.60. The van der Waals surface area contributed by atoms with Crippen molar-refractivity contribution in [3.63, 3.8) is 0 Å². The summed E-state index contributed by atoms with van der Waals surface area (Å²) in [5.74, 6) is -0.152. The van der Waals surface area contributed by atoms with Crippen LogP contribution >= 0.6 is 7.52 Å². The highest BCUT2D eigenvalue weighted by Gasteiger charge is 2.33. The molecule has 64 heavy (non-hydrogen) atoms. The van der Waals surface area contributed by atoms with Crippen LogP contribution in [0.3, 0.4) is 0 Å². The van der Waals surface area contributed by atoms with Crippen LogP contribution in [0.4, 0.5) is 9.18 Å². The van der Waals surface area contributed by atoms with Crippen LogP contribution in [-0.4, -0.2) is 88.1 Å². The number of piperazine rings is 1. The monoisotopic (exact) mass is 885 g/mol. The predicted molar refractivity (Wildman–Crippen MR) is 243 cm³/mol. The van der Waals surface area contributed by atoms with Crippen molar-refractivity contribution in [3.8, 4) is 23.1 Å². The Morgan fingerprint density at radius 1 is 0.828 bits per heavy atom. The van der Waals surface area contributed by atoms with Crippen molar-refractivity contribution < 1.29 is 42.4 Å². The van der Waals surface area contributed by atoms with Crippen molar-refractivity contribution in [2.45, 2.75) is 32.5 Å². The van der Waals surface area contributed by atoms with E-state index in [9.17, 15) is 23.7 Å². The van der Waals surface area contributed by atoms with E-state index in [4.69, 9.17) is 23.7 Å². The molecule has 1 amide bonds.